The third kappa shape index (κ3) is 4.96. The Morgan fingerprint density at radius 2 is 1.55 bits per heavy atom. The molecule has 0 fully saturated rings. The minimum absolute atomic E-state index is 0.0152. The van der Waals surface area contributed by atoms with Crippen LogP contribution < -0.4 is 5.32 Å². The van der Waals surface area contributed by atoms with E-state index in [2.05, 4.69) is 11.4 Å². The molecule has 33 heavy (non-hydrogen) atoms. The second kappa shape index (κ2) is 9.54. The molecule has 0 spiro atoms. The molecule has 164 valence electrons. The van der Waals surface area contributed by atoms with Gasteiger partial charge >= 0.3 is 0 Å². The molecule has 0 atom stereocenters. The van der Waals surface area contributed by atoms with E-state index in [9.17, 15) is 10.1 Å². The summed E-state index contributed by atoms with van der Waals surface area (Å²) < 4.78 is 6.10. The van der Waals surface area contributed by atoms with Crippen LogP contribution in [0.5, 0.6) is 0 Å². The Kier molecular flexibility index (Phi) is 6.55. The molecule has 0 bridgehead atoms. The summed E-state index contributed by atoms with van der Waals surface area (Å²) in [5, 5.41) is 13.6. The van der Waals surface area contributed by atoms with Gasteiger partial charge in [0.15, 0.2) is 0 Å². The minimum atomic E-state index is -0.351. The van der Waals surface area contributed by atoms with Gasteiger partial charge in [-0.2, -0.15) is 5.26 Å². The standard InChI is InChI=1S/C27H20Cl2N2O2/c1-16-3-7-18(8-4-16)25-22(15-30)27(33-26(25)19-9-5-17(2)6-10-19)31-24(32)13-20-11-12-21(28)14-23(20)29/h3-12,14H,13H2,1-2H3,(H,31,32). The Bertz CT molecular complexity index is 1370. The normalized spacial score (nSPS) is 10.6. The number of carbonyl (C=O) groups is 1. The molecule has 0 saturated carbocycles. The van der Waals surface area contributed by atoms with E-state index in [1.165, 1.54) is 0 Å². The van der Waals surface area contributed by atoms with Crippen molar-refractivity contribution >= 4 is 35.0 Å². The second-order valence-corrected chi connectivity index (χ2v) is 8.66. The molecule has 6 heteroatoms. The van der Waals surface area contributed by atoms with Gasteiger partial charge in [0.25, 0.3) is 0 Å². The summed E-state index contributed by atoms with van der Waals surface area (Å²) in [4.78, 5) is 12.8. The van der Waals surface area contributed by atoms with Crippen molar-refractivity contribution in [3.63, 3.8) is 0 Å². The maximum atomic E-state index is 12.8. The van der Waals surface area contributed by atoms with Crippen LogP contribution in [0.15, 0.2) is 71.1 Å². The Morgan fingerprint density at radius 1 is 0.939 bits per heavy atom. The predicted molar refractivity (Wildman–Crippen MR) is 133 cm³/mol. The number of nitrogens with one attached hydrogen (secondary N) is 1. The number of anilines is 1. The van der Waals surface area contributed by atoms with Crippen LogP contribution >= 0.6 is 23.2 Å². The number of carbonyl (C=O) groups excluding carboxylic acids is 1. The van der Waals surface area contributed by atoms with E-state index in [1.807, 2.05) is 62.4 Å². The topological polar surface area (TPSA) is 66.0 Å². The summed E-state index contributed by atoms with van der Waals surface area (Å²) in [5.41, 5.74) is 5.39. The maximum absolute atomic E-state index is 12.8. The zero-order valence-electron chi connectivity index (χ0n) is 18.1. The fraction of sp³-hybridized carbons (Fsp3) is 0.111. The molecule has 1 aromatic heterocycles. The van der Waals surface area contributed by atoms with Gasteiger partial charge in [0.1, 0.15) is 17.4 Å². The van der Waals surface area contributed by atoms with Gasteiger partial charge in [-0.3, -0.25) is 10.1 Å². The van der Waals surface area contributed by atoms with Crippen molar-refractivity contribution in [1.82, 2.24) is 0 Å². The van der Waals surface area contributed by atoms with E-state index in [-0.39, 0.29) is 23.8 Å². The molecular formula is C27H20Cl2N2O2. The van der Waals surface area contributed by atoms with E-state index in [0.717, 1.165) is 22.3 Å². The summed E-state index contributed by atoms with van der Waals surface area (Å²) in [6.07, 6.45) is 0.0152. The molecule has 3 aromatic carbocycles. The average Bonchev–Trinajstić information content (AvgIpc) is 3.14. The first kappa shape index (κ1) is 22.7. The van der Waals surface area contributed by atoms with E-state index in [4.69, 9.17) is 27.6 Å². The van der Waals surface area contributed by atoms with E-state index in [1.54, 1.807) is 18.2 Å². The fourth-order valence-electron chi connectivity index (χ4n) is 3.54. The molecule has 0 saturated heterocycles. The first-order valence-electron chi connectivity index (χ1n) is 10.3. The van der Waals surface area contributed by atoms with Crippen molar-refractivity contribution in [3.05, 3.63) is 99.0 Å². The Morgan fingerprint density at radius 3 is 2.12 bits per heavy atom. The molecule has 4 aromatic rings. The van der Waals surface area contributed by atoms with Crippen molar-refractivity contribution in [3.8, 4) is 28.5 Å². The number of rotatable bonds is 5. The third-order valence-corrected chi connectivity index (χ3v) is 5.88. The quantitative estimate of drug-likeness (QED) is 0.323. The summed E-state index contributed by atoms with van der Waals surface area (Å²) in [7, 11) is 0. The SMILES string of the molecule is Cc1ccc(-c2oc(NC(=O)Cc3ccc(Cl)cc3Cl)c(C#N)c2-c2ccc(C)cc2)cc1. The number of aryl methyl sites for hydroxylation is 2. The Hall–Kier alpha value is -3.52. The molecule has 4 rings (SSSR count). The highest BCUT2D eigenvalue weighted by Crippen LogP contribution is 2.41. The predicted octanol–water partition coefficient (Wildman–Crippen LogP) is 7.59. The van der Waals surface area contributed by atoms with Crippen LogP contribution in [0.4, 0.5) is 5.88 Å². The van der Waals surface area contributed by atoms with Crippen LogP contribution in [-0.2, 0) is 11.2 Å². The molecule has 4 nitrogen and oxygen atoms in total. The van der Waals surface area contributed by atoms with Crippen molar-refractivity contribution < 1.29 is 9.21 Å². The largest absolute Gasteiger partial charge is 0.438 e. The van der Waals surface area contributed by atoms with Crippen molar-refractivity contribution in [2.75, 3.05) is 5.32 Å². The summed E-state index contributed by atoms with van der Waals surface area (Å²) in [6, 6.07) is 22.8. The Labute approximate surface area is 202 Å². The minimum Gasteiger partial charge on any atom is -0.438 e. The van der Waals surface area contributed by atoms with E-state index >= 15 is 0 Å². The first-order chi connectivity index (χ1) is 15.9. The second-order valence-electron chi connectivity index (χ2n) is 7.81. The molecule has 1 heterocycles. The zero-order valence-corrected chi connectivity index (χ0v) is 19.6. The number of furan rings is 1. The monoisotopic (exact) mass is 474 g/mol. The highest BCUT2D eigenvalue weighted by molar-refractivity contribution is 6.35. The number of hydrogen-bond donors (Lipinski definition) is 1. The van der Waals surface area contributed by atoms with Crippen LogP contribution in [0, 0.1) is 25.2 Å². The van der Waals surface area contributed by atoms with Gasteiger partial charge < -0.3 is 4.42 Å². The van der Waals surface area contributed by atoms with E-state index < -0.39 is 0 Å². The molecule has 0 radical (unpaired) electrons. The molecule has 0 aliphatic rings. The molecule has 0 unspecified atom stereocenters. The van der Waals surface area contributed by atoms with Gasteiger partial charge in [-0.1, -0.05) is 88.9 Å². The third-order valence-electron chi connectivity index (χ3n) is 5.29. The van der Waals surface area contributed by atoms with Gasteiger partial charge in [-0.25, -0.2) is 0 Å². The highest BCUT2D eigenvalue weighted by atomic mass is 35.5. The lowest BCUT2D eigenvalue weighted by Crippen LogP contribution is -2.15. The summed E-state index contributed by atoms with van der Waals surface area (Å²) in [5.74, 6) is 0.282. The van der Waals surface area contributed by atoms with E-state index in [0.29, 0.717) is 26.9 Å². The molecular weight excluding hydrogens is 455 g/mol. The summed E-state index contributed by atoms with van der Waals surface area (Å²) >= 11 is 12.2. The lowest BCUT2D eigenvalue weighted by molar-refractivity contribution is -0.115. The van der Waals surface area contributed by atoms with Gasteiger partial charge in [-0.05, 0) is 37.1 Å². The smallest absolute Gasteiger partial charge is 0.231 e. The summed E-state index contributed by atoms with van der Waals surface area (Å²) in [6.45, 7) is 4.00. The van der Waals surface area contributed by atoms with Crippen molar-refractivity contribution in [1.29, 1.82) is 5.26 Å². The lowest BCUT2D eigenvalue weighted by atomic mass is 9.97. The number of halogens is 2. The number of benzene rings is 3. The molecule has 0 aliphatic carbocycles. The molecule has 1 N–H and O–H groups in total. The van der Waals surface area contributed by atoms with Gasteiger partial charge in [-0.15, -0.1) is 0 Å². The highest BCUT2D eigenvalue weighted by Gasteiger charge is 2.24. The Balaban J connectivity index is 1.76. The number of nitrogens with zero attached hydrogens (tertiary/aromatic N) is 1. The van der Waals surface area contributed by atoms with Gasteiger partial charge in [0, 0.05) is 21.2 Å². The van der Waals surface area contributed by atoms with Crippen LogP contribution in [-0.4, -0.2) is 5.91 Å². The number of nitriles is 1. The number of amides is 1. The zero-order chi connectivity index (χ0) is 23.5. The van der Waals surface area contributed by atoms with Crippen molar-refractivity contribution in [2.24, 2.45) is 0 Å². The number of hydrogen-bond acceptors (Lipinski definition) is 3. The average molecular weight is 475 g/mol. The molecule has 1 amide bonds. The van der Waals surface area contributed by atoms with Crippen LogP contribution in [0.25, 0.3) is 22.5 Å². The molecule has 0 aliphatic heterocycles. The van der Waals surface area contributed by atoms with Crippen LogP contribution in [0.2, 0.25) is 10.0 Å². The van der Waals surface area contributed by atoms with Crippen LogP contribution in [0.1, 0.15) is 22.3 Å². The van der Waals surface area contributed by atoms with Gasteiger partial charge in [0.2, 0.25) is 11.8 Å². The van der Waals surface area contributed by atoms with Crippen LogP contribution in [0.3, 0.4) is 0 Å². The lowest BCUT2D eigenvalue weighted by Gasteiger charge is -2.05. The van der Waals surface area contributed by atoms with Crippen molar-refractivity contribution in [2.45, 2.75) is 20.3 Å². The first-order valence-corrected chi connectivity index (χ1v) is 11.1. The van der Waals surface area contributed by atoms with Gasteiger partial charge in [0.05, 0.1) is 6.42 Å². The fourth-order valence-corrected chi connectivity index (χ4v) is 4.01. The maximum Gasteiger partial charge on any atom is 0.231 e.